The van der Waals surface area contributed by atoms with Gasteiger partial charge in [0.1, 0.15) is 0 Å². The second-order valence-corrected chi connectivity index (χ2v) is 8.58. The van der Waals surface area contributed by atoms with Crippen LogP contribution in [0.1, 0.15) is 86.4 Å². The lowest BCUT2D eigenvalue weighted by Gasteiger charge is -2.40. The molecule has 0 bridgehead atoms. The first-order chi connectivity index (χ1) is 17.3. The van der Waals surface area contributed by atoms with Crippen molar-refractivity contribution in [2.45, 2.75) is 56.7 Å². The molecule has 0 saturated heterocycles. The van der Waals surface area contributed by atoms with Gasteiger partial charge in [0.2, 0.25) is 0 Å². The van der Waals surface area contributed by atoms with Crippen LogP contribution in [0.15, 0.2) is 48.5 Å². The van der Waals surface area contributed by atoms with Crippen LogP contribution in [-0.4, -0.2) is 52.5 Å². The molecule has 0 saturated carbocycles. The molecule has 0 radical (unpaired) electrons. The van der Waals surface area contributed by atoms with Crippen molar-refractivity contribution in [1.29, 1.82) is 0 Å². The zero-order chi connectivity index (χ0) is 25.8. The Balaban J connectivity index is 1.68. The van der Waals surface area contributed by atoms with Crippen LogP contribution in [0.5, 0.6) is 0 Å². The molecule has 2 heterocycles. The lowest BCUT2D eigenvalue weighted by Crippen LogP contribution is -2.62. The predicted molar refractivity (Wildman–Crippen MR) is 122 cm³/mol. The van der Waals surface area contributed by atoms with Crippen LogP contribution in [0.4, 0.5) is 0 Å². The first-order valence-corrected chi connectivity index (χ1v) is 11.7. The zero-order valence-corrected chi connectivity index (χ0v) is 19.4. The first kappa shape index (κ1) is 25.3. The van der Waals surface area contributed by atoms with Crippen LogP contribution in [0, 0.1) is 0 Å². The van der Waals surface area contributed by atoms with E-state index in [9.17, 15) is 24.3 Å². The van der Waals surface area contributed by atoms with Crippen molar-refractivity contribution < 1.29 is 48.3 Å². The van der Waals surface area contributed by atoms with Gasteiger partial charge in [0.25, 0.3) is 0 Å². The van der Waals surface area contributed by atoms with Gasteiger partial charge in [-0.15, -0.1) is 0 Å². The third-order valence-corrected chi connectivity index (χ3v) is 6.11. The molecule has 190 valence electrons. The fourth-order valence-corrected chi connectivity index (χ4v) is 4.21. The number of cyclic esters (lactones) is 4. The number of carbonyl (C=O) groups excluding carboxylic acids is 4. The van der Waals surface area contributed by atoms with Crippen molar-refractivity contribution in [3.8, 4) is 0 Å². The summed E-state index contributed by atoms with van der Waals surface area (Å²) in [7, 11) is 0. The quantitative estimate of drug-likeness (QED) is 0.391. The maximum absolute atomic E-state index is 13.1. The fourth-order valence-electron chi connectivity index (χ4n) is 4.21. The van der Waals surface area contributed by atoms with E-state index < -0.39 is 35.6 Å². The summed E-state index contributed by atoms with van der Waals surface area (Å²) >= 11 is 0. The monoisotopic (exact) mass is 498 g/mol. The summed E-state index contributed by atoms with van der Waals surface area (Å²) in [6, 6.07) is 11.3. The van der Waals surface area contributed by atoms with E-state index in [0.29, 0.717) is 12.8 Å². The van der Waals surface area contributed by atoms with Gasteiger partial charge in [0.05, 0.1) is 22.3 Å². The summed E-state index contributed by atoms with van der Waals surface area (Å²) in [6.45, 7) is 0.0989. The SMILES string of the molecule is O=C1OC(O)(C2(CCCCCCCCO)OC(=O)c3ccccc3C(=O)O2)OC(=O)c2ccccc21. The topological polar surface area (TPSA) is 146 Å². The molecule has 0 atom stereocenters. The minimum atomic E-state index is -3.26. The average molecular weight is 498 g/mol. The molecule has 2 aromatic rings. The highest BCUT2D eigenvalue weighted by Crippen LogP contribution is 2.42. The Kier molecular flexibility index (Phi) is 7.37. The summed E-state index contributed by atoms with van der Waals surface area (Å²) in [5.41, 5.74) is -0.586. The van der Waals surface area contributed by atoms with Crippen LogP contribution in [0.2, 0.25) is 0 Å². The molecule has 0 spiro atoms. The van der Waals surface area contributed by atoms with Gasteiger partial charge in [-0.05, 0) is 37.1 Å². The van der Waals surface area contributed by atoms with Gasteiger partial charge in [-0.1, -0.05) is 49.9 Å². The second kappa shape index (κ2) is 10.5. The van der Waals surface area contributed by atoms with E-state index in [4.69, 9.17) is 24.1 Å². The number of carbonyl (C=O) groups is 4. The number of esters is 4. The minimum Gasteiger partial charge on any atom is -0.408 e. The molecule has 2 aliphatic rings. The van der Waals surface area contributed by atoms with Crippen molar-refractivity contribution >= 4 is 23.9 Å². The Bertz CT molecular complexity index is 1100. The van der Waals surface area contributed by atoms with Crippen LogP contribution in [-0.2, 0) is 18.9 Å². The Labute approximate surface area is 206 Å². The fraction of sp³-hybridized carbons (Fsp3) is 0.385. The lowest BCUT2D eigenvalue weighted by molar-refractivity contribution is -0.430. The van der Waals surface area contributed by atoms with Gasteiger partial charge in [-0.2, -0.15) is 0 Å². The summed E-state index contributed by atoms with van der Waals surface area (Å²) in [4.78, 5) is 51.9. The van der Waals surface area contributed by atoms with Crippen LogP contribution in [0.25, 0.3) is 0 Å². The number of fused-ring (bicyclic) bond motifs is 2. The van der Waals surface area contributed by atoms with Crippen molar-refractivity contribution in [3.63, 3.8) is 0 Å². The average Bonchev–Trinajstić information content (AvgIpc) is 3.04. The number of rotatable bonds is 9. The number of hydrogen-bond acceptors (Lipinski definition) is 10. The Hall–Kier alpha value is -3.76. The van der Waals surface area contributed by atoms with Gasteiger partial charge in [0.15, 0.2) is 0 Å². The Morgan fingerprint density at radius 1 is 0.556 bits per heavy atom. The zero-order valence-electron chi connectivity index (χ0n) is 19.4. The van der Waals surface area contributed by atoms with Gasteiger partial charge in [-0.3, -0.25) is 0 Å². The van der Waals surface area contributed by atoms with E-state index in [0.717, 1.165) is 19.3 Å². The first-order valence-electron chi connectivity index (χ1n) is 11.7. The molecule has 0 aliphatic carbocycles. The normalized spacial score (nSPS) is 17.9. The van der Waals surface area contributed by atoms with Crippen molar-refractivity contribution in [1.82, 2.24) is 0 Å². The number of hydrogen-bond donors (Lipinski definition) is 2. The van der Waals surface area contributed by atoms with Crippen LogP contribution >= 0.6 is 0 Å². The minimum absolute atomic E-state index is 0.0989. The molecule has 0 unspecified atom stereocenters. The van der Waals surface area contributed by atoms with Crippen molar-refractivity contribution in [2.24, 2.45) is 0 Å². The summed E-state index contributed by atoms with van der Waals surface area (Å²) in [6.07, 6.45) is 3.53. The number of unbranched alkanes of at least 4 members (excludes halogenated alkanes) is 5. The van der Waals surface area contributed by atoms with Crippen LogP contribution < -0.4 is 0 Å². The van der Waals surface area contributed by atoms with E-state index in [1.54, 1.807) is 0 Å². The molecule has 0 aromatic heterocycles. The standard InChI is InChI=1S/C26H26O10/c27-16-10-4-2-1-3-9-15-25(33-21(28)17-11-5-6-12-18(17)22(29)34-25)26(32)35-23(30)19-13-7-8-14-20(19)24(31)36-26/h5-8,11-14,27,32H,1-4,9-10,15-16H2. The molecule has 10 heteroatoms. The third kappa shape index (κ3) is 4.82. The maximum atomic E-state index is 13.1. The molecular formula is C26H26O10. The molecule has 2 aliphatic heterocycles. The molecule has 4 rings (SSSR count). The van der Waals surface area contributed by atoms with E-state index in [-0.39, 0.29) is 41.7 Å². The number of aliphatic hydroxyl groups excluding tert-OH is 1. The second-order valence-electron chi connectivity index (χ2n) is 8.58. The van der Waals surface area contributed by atoms with E-state index in [2.05, 4.69) is 0 Å². The van der Waals surface area contributed by atoms with E-state index in [1.165, 1.54) is 48.5 Å². The van der Waals surface area contributed by atoms with E-state index >= 15 is 0 Å². The highest BCUT2D eigenvalue weighted by molar-refractivity contribution is 6.06. The predicted octanol–water partition coefficient (Wildman–Crippen LogP) is 3.11. The number of aliphatic hydroxyl groups is 2. The molecule has 10 nitrogen and oxygen atoms in total. The highest BCUT2D eigenvalue weighted by atomic mass is 16.9. The molecule has 0 fully saturated rings. The molecule has 2 N–H and O–H groups in total. The lowest BCUT2D eigenvalue weighted by atomic mass is 10.0. The smallest absolute Gasteiger partial charge is 0.408 e. The van der Waals surface area contributed by atoms with Crippen molar-refractivity contribution in [2.75, 3.05) is 6.61 Å². The number of benzene rings is 2. The van der Waals surface area contributed by atoms with Crippen molar-refractivity contribution in [3.05, 3.63) is 70.8 Å². The highest BCUT2D eigenvalue weighted by Gasteiger charge is 2.67. The van der Waals surface area contributed by atoms with Gasteiger partial charge >= 0.3 is 35.6 Å². The molecule has 2 aromatic carbocycles. The summed E-state index contributed by atoms with van der Waals surface area (Å²) in [5.74, 6) is -10.2. The largest absolute Gasteiger partial charge is 0.456 e. The Morgan fingerprint density at radius 2 is 0.917 bits per heavy atom. The van der Waals surface area contributed by atoms with Gasteiger partial charge < -0.3 is 29.2 Å². The van der Waals surface area contributed by atoms with Gasteiger partial charge in [-0.25, -0.2) is 19.2 Å². The third-order valence-electron chi connectivity index (χ3n) is 6.11. The molecule has 36 heavy (non-hydrogen) atoms. The summed E-state index contributed by atoms with van der Waals surface area (Å²) in [5, 5.41) is 20.4. The summed E-state index contributed by atoms with van der Waals surface area (Å²) < 4.78 is 21.4. The molecule has 0 amide bonds. The maximum Gasteiger partial charge on any atom is 0.456 e. The number of ether oxygens (including phenoxy) is 4. The van der Waals surface area contributed by atoms with Gasteiger partial charge in [0, 0.05) is 13.0 Å². The Morgan fingerprint density at radius 3 is 1.33 bits per heavy atom. The van der Waals surface area contributed by atoms with Crippen LogP contribution in [0.3, 0.4) is 0 Å². The molecular weight excluding hydrogens is 472 g/mol. The van der Waals surface area contributed by atoms with E-state index in [1.807, 2.05) is 0 Å².